The zero-order valence-corrected chi connectivity index (χ0v) is 18.3. The van der Waals surface area contributed by atoms with Gasteiger partial charge in [-0.2, -0.15) is 4.31 Å². The highest BCUT2D eigenvalue weighted by molar-refractivity contribution is 7.89. The number of hydrogen-bond acceptors (Lipinski definition) is 6. The molecule has 1 heterocycles. The highest BCUT2D eigenvalue weighted by Crippen LogP contribution is 2.29. The van der Waals surface area contributed by atoms with Gasteiger partial charge in [0.2, 0.25) is 15.9 Å². The lowest BCUT2D eigenvalue weighted by molar-refractivity contribution is -0.274. The van der Waals surface area contributed by atoms with Crippen LogP contribution in [0.25, 0.3) is 6.08 Å². The molecule has 0 radical (unpaired) electrons. The molecule has 178 valence electrons. The lowest BCUT2D eigenvalue weighted by atomic mass is 10.2. The first-order valence-electron chi connectivity index (χ1n) is 9.69. The maximum atomic E-state index is 13.0. The Kier molecular flexibility index (Phi) is 7.61. The Morgan fingerprint density at radius 1 is 1.12 bits per heavy atom. The number of carbonyl (C=O) groups is 1. The van der Waals surface area contributed by atoms with Gasteiger partial charge in [0.25, 0.3) is 0 Å². The van der Waals surface area contributed by atoms with E-state index in [0.717, 1.165) is 12.1 Å². The van der Waals surface area contributed by atoms with Crippen LogP contribution < -0.4 is 14.8 Å². The molecule has 0 spiro atoms. The minimum atomic E-state index is -4.81. The molecule has 1 aliphatic heterocycles. The summed E-state index contributed by atoms with van der Waals surface area (Å²) in [4.78, 5) is 12.1. The second-order valence-corrected chi connectivity index (χ2v) is 8.73. The molecule has 1 fully saturated rings. The Bertz CT molecular complexity index is 1110. The number of hydrogen-bond donors (Lipinski definition) is 1. The molecule has 1 saturated heterocycles. The fourth-order valence-electron chi connectivity index (χ4n) is 3.02. The summed E-state index contributed by atoms with van der Waals surface area (Å²) in [6.45, 7) is 1.04. The molecule has 33 heavy (non-hydrogen) atoms. The lowest BCUT2D eigenvalue weighted by Gasteiger charge is -2.26. The molecular formula is C21H21F3N2O6S. The van der Waals surface area contributed by atoms with Gasteiger partial charge in [-0.3, -0.25) is 4.79 Å². The molecule has 1 amide bonds. The molecule has 1 aliphatic rings. The van der Waals surface area contributed by atoms with Crippen LogP contribution in [0.5, 0.6) is 11.5 Å². The molecule has 0 aliphatic carbocycles. The van der Waals surface area contributed by atoms with E-state index >= 15 is 0 Å². The van der Waals surface area contributed by atoms with E-state index in [0.29, 0.717) is 18.8 Å². The van der Waals surface area contributed by atoms with Gasteiger partial charge in [0, 0.05) is 24.9 Å². The normalized spacial score (nSPS) is 15.4. The van der Waals surface area contributed by atoms with Crippen molar-refractivity contribution in [3.63, 3.8) is 0 Å². The lowest BCUT2D eigenvalue weighted by Crippen LogP contribution is -2.40. The quantitative estimate of drug-likeness (QED) is 0.604. The summed E-state index contributed by atoms with van der Waals surface area (Å²) in [6.07, 6.45) is -2.22. The third kappa shape index (κ3) is 6.70. The van der Waals surface area contributed by atoms with E-state index in [4.69, 9.17) is 9.47 Å². The molecular weight excluding hydrogens is 465 g/mol. The number of alkyl halides is 3. The van der Waals surface area contributed by atoms with Crippen LogP contribution in [0.15, 0.2) is 53.4 Å². The molecule has 3 rings (SSSR count). The zero-order valence-electron chi connectivity index (χ0n) is 17.5. The first kappa shape index (κ1) is 24.6. The summed E-state index contributed by atoms with van der Waals surface area (Å²) >= 11 is 0. The average molecular weight is 486 g/mol. The van der Waals surface area contributed by atoms with Gasteiger partial charge in [-0.1, -0.05) is 6.07 Å². The summed E-state index contributed by atoms with van der Waals surface area (Å²) in [5, 5.41) is 2.49. The number of nitrogens with zero attached hydrogens (tertiary/aromatic N) is 1. The number of benzene rings is 2. The topological polar surface area (TPSA) is 94.2 Å². The van der Waals surface area contributed by atoms with Crippen LogP contribution in [-0.2, 0) is 19.6 Å². The standard InChI is InChI=1S/C21H21F3N2O6S/c1-30-18-8-2-15(14-19(18)33(28,29)26-10-12-31-13-11-26)3-9-20(27)25-16-4-6-17(7-5-16)32-21(22,23)24/h2-9,14H,10-13H2,1H3,(H,25,27)/b9-3+. The van der Waals surface area contributed by atoms with Crippen LogP contribution in [0, 0.1) is 0 Å². The number of sulfonamides is 1. The van der Waals surface area contributed by atoms with E-state index in [2.05, 4.69) is 10.1 Å². The molecule has 2 aromatic rings. The van der Waals surface area contributed by atoms with Crippen LogP contribution in [-0.4, -0.2) is 58.4 Å². The maximum Gasteiger partial charge on any atom is 0.573 e. The number of carbonyl (C=O) groups excluding carboxylic acids is 1. The fourth-order valence-corrected chi connectivity index (χ4v) is 4.62. The third-order valence-corrected chi connectivity index (χ3v) is 6.48. The second kappa shape index (κ2) is 10.2. The number of methoxy groups -OCH3 is 1. The number of anilines is 1. The molecule has 0 atom stereocenters. The van der Waals surface area contributed by atoms with E-state index in [9.17, 15) is 26.4 Å². The van der Waals surface area contributed by atoms with Crippen molar-refractivity contribution < 1.29 is 40.6 Å². The van der Waals surface area contributed by atoms with Gasteiger partial charge in [-0.05, 0) is 48.0 Å². The van der Waals surface area contributed by atoms with Gasteiger partial charge in [0.15, 0.2) is 0 Å². The van der Waals surface area contributed by atoms with Gasteiger partial charge in [-0.15, -0.1) is 13.2 Å². The second-order valence-electron chi connectivity index (χ2n) is 6.82. The highest BCUT2D eigenvalue weighted by Gasteiger charge is 2.31. The molecule has 8 nitrogen and oxygen atoms in total. The summed E-state index contributed by atoms with van der Waals surface area (Å²) < 4.78 is 78.2. The largest absolute Gasteiger partial charge is 0.573 e. The average Bonchev–Trinajstić information content (AvgIpc) is 2.78. The van der Waals surface area contributed by atoms with E-state index in [1.807, 2.05) is 0 Å². The maximum absolute atomic E-state index is 13.0. The zero-order chi connectivity index (χ0) is 24.1. The first-order chi connectivity index (χ1) is 15.6. The first-order valence-corrected chi connectivity index (χ1v) is 11.1. The predicted molar refractivity (Wildman–Crippen MR) is 113 cm³/mol. The molecule has 0 unspecified atom stereocenters. The molecule has 0 bridgehead atoms. The molecule has 2 aromatic carbocycles. The third-order valence-electron chi connectivity index (χ3n) is 4.56. The van der Waals surface area contributed by atoms with Crippen molar-refractivity contribution in [1.29, 1.82) is 0 Å². The molecule has 0 aromatic heterocycles. The fraction of sp³-hybridized carbons (Fsp3) is 0.286. The molecule has 12 heteroatoms. The number of nitrogens with one attached hydrogen (secondary N) is 1. The monoisotopic (exact) mass is 486 g/mol. The van der Waals surface area contributed by atoms with E-state index in [1.54, 1.807) is 6.07 Å². The Hall–Kier alpha value is -3.09. The van der Waals surface area contributed by atoms with Crippen LogP contribution >= 0.6 is 0 Å². The predicted octanol–water partition coefficient (Wildman–Crippen LogP) is 3.27. The SMILES string of the molecule is COc1ccc(/C=C/C(=O)Nc2ccc(OC(F)(F)F)cc2)cc1S(=O)(=O)N1CCOCC1. The van der Waals surface area contributed by atoms with Crippen LogP contribution in [0.4, 0.5) is 18.9 Å². The van der Waals surface area contributed by atoms with Crippen molar-refractivity contribution >= 4 is 27.7 Å². The number of rotatable bonds is 7. The van der Waals surface area contributed by atoms with Crippen molar-refractivity contribution in [2.75, 3.05) is 38.7 Å². The van der Waals surface area contributed by atoms with Crippen molar-refractivity contribution in [2.24, 2.45) is 0 Å². The molecule has 0 saturated carbocycles. The van der Waals surface area contributed by atoms with Crippen LogP contribution in [0.1, 0.15) is 5.56 Å². The highest BCUT2D eigenvalue weighted by atomic mass is 32.2. The van der Waals surface area contributed by atoms with Gasteiger partial charge >= 0.3 is 6.36 Å². The van der Waals surface area contributed by atoms with Gasteiger partial charge < -0.3 is 19.5 Å². The smallest absolute Gasteiger partial charge is 0.495 e. The van der Waals surface area contributed by atoms with Gasteiger partial charge in [0.05, 0.1) is 20.3 Å². The van der Waals surface area contributed by atoms with Crippen molar-refractivity contribution in [2.45, 2.75) is 11.3 Å². The van der Waals surface area contributed by atoms with Crippen LogP contribution in [0.3, 0.4) is 0 Å². The Balaban J connectivity index is 1.72. The number of morpholine rings is 1. The number of amides is 1. The Labute approximate surface area is 188 Å². The van der Waals surface area contributed by atoms with E-state index in [-0.39, 0.29) is 29.4 Å². The van der Waals surface area contributed by atoms with Gasteiger partial charge in [0.1, 0.15) is 16.4 Å². The summed E-state index contributed by atoms with van der Waals surface area (Å²) in [5.41, 5.74) is 0.691. The molecule has 1 N–H and O–H groups in total. The number of ether oxygens (including phenoxy) is 3. The number of halogens is 3. The van der Waals surface area contributed by atoms with Crippen molar-refractivity contribution in [1.82, 2.24) is 4.31 Å². The minimum Gasteiger partial charge on any atom is -0.495 e. The Morgan fingerprint density at radius 2 is 1.79 bits per heavy atom. The van der Waals surface area contributed by atoms with Crippen molar-refractivity contribution in [3.05, 3.63) is 54.1 Å². The summed E-state index contributed by atoms with van der Waals surface area (Å²) in [5.74, 6) is -0.805. The Morgan fingerprint density at radius 3 is 2.39 bits per heavy atom. The van der Waals surface area contributed by atoms with Crippen molar-refractivity contribution in [3.8, 4) is 11.5 Å². The van der Waals surface area contributed by atoms with E-state index < -0.39 is 28.0 Å². The van der Waals surface area contributed by atoms with Gasteiger partial charge in [-0.25, -0.2) is 8.42 Å². The van der Waals surface area contributed by atoms with E-state index in [1.165, 1.54) is 47.8 Å². The summed E-state index contributed by atoms with van der Waals surface area (Å²) in [7, 11) is -2.47. The van der Waals surface area contributed by atoms with Crippen LogP contribution in [0.2, 0.25) is 0 Å². The summed E-state index contributed by atoms with van der Waals surface area (Å²) in [6, 6.07) is 9.13. The minimum absolute atomic E-state index is 0.0327.